The van der Waals surface area contributed by atoms with Crippen molar-refractivity contribution in [3.63, 3.8) is 0 Å². The van der Waals surface area contributed by atoms with E-state index >= 15 is 0 Å². The average molecular weight is 393 g/mol. The normalized spacial score (nSPS) is 10.2. The molecule has 0 aliphatic rings. The van der Waals surface area contributed by atoms with Crippen molar-refractivity contribution >= 4 is 17.6 Å². The largest absolute Gasteiger partial charge is 0.478 e. The number of hydrogen-bond acceptors (Lipinski definition) is 6. The van der Waals surface area contributed by atoms with Gasteiger partial charge in [-0.05, 0) is 61.5 Å². The van der Waals surface area contributed by atoms with Crippen LogP contribution in [0.25, 0.3) is 0 Å². The molecule has 0 amide bonds. The molecule has 0 heterocycles. The van der Waals surface area contributed by atoms with Gasteiger partial charge in [-0.3, -0.25) is 0 Å². The fourth-order valence-corrected chi connectivity index (χ4v) is 2.56. The Balaban J connectivity index is 1.80. The summed E-state index contributed by atoms with van der Waals surface area (Å²) < 4.78 is 16.4. The minimum absolute atomic E-state index is 0.0351. The third-order valence-corrected chi connectivity index (χ3v) is 3.87. The first-order valence-electron chi connectivity index (χ1n) is 8.82. The van der Waals surface area contributed by atoms with Gasteiger partial charge in [0.1, 0.15) is 23.0 Å². The van der Waals surface area contributed by atoms with E-state index in [1.54, 1.807) is 55.5 Å². The van der Waals surface area contributed by atoms with Crippen molar-refractivity contribution in [2.75, 3.05) is 12.3 Å². The van der Waals surface area contributed by atoms with Crippen LogP contribution in [0, 0.1) is 0 Å². The van der Waals surface area contributed by atoms with Crippen LogP contribution in [0.3, 0.4) is 0 Å². The molecule has 0 bridgehead atoms. The number of benzene rings is 3. The van der Waals surface area contributed by atoms with Crippen molar-refractivity contribution in [1.82, 2.24) is 0 Å². The molecule has 3 aromatic rings. The van der Waals surface area contributed by atoms with Crippen LogP contribution in [0.5, 0.6) is 23.0 Å². The number of anilines is 1. The maximum absolute atomic E-state index is 11.9. The summed E-state index contributed by atoms with van der Waals surface area (Å²) in [5.74, 6) is -0.0929. The first-order valence-corrected chi connectivity index (χ1v) is 8.82. The number of hydrogen-bond donors (Lipinski definition) is 2. The zero-order chi connectivity index (χ0) is 20.8. The lowest BCUT2D eigenvalue weighted by molar-refractivity contribution is 0.0514. The lowest BCUT2D eigenvalue weighted by Gasteiger charge is -2.11. The van der Waals surface area contributed by atoms with Crippen molar-refractivity contribution in [2.45, 2.75) is 6.92 Å². The van der Waals surface area contributed by atoms with Crippen LogP contribution in [0.15, 0.2) is 66.7 Å². The fraction of sp³-hybridized carbons (Fsp3) is 0.0909. The molecule has 0 spiro atoms. The minimum Gasteiger partial charge on any atom is -0.478 e. The summed E-state index contributed by atoms with van der Waals surface area (Å²) in [5, 5.41) is 9.41. The summed E-state index contributed by atoms with van der Waals surface area (Å²) in [6, 6.07) is 18.0. The summed E-state index contributed by atoms with van der Waals surface area (Å²) in [5.41, 5.74) is 6.06. The van der Waals surface area contributed by atoms with E-state index in [-0.39, 0.29) is 23.5 Å². The Labute approximate surface area is 167 Å². The molecule has 7 heteroatoms. The number of carboxylic acid groups (broad SMARTS) is 1. The summed E-state index contributed by atoms with van der Waals surface area (Å²) in [7, 11) is 0. The molecule has 29 heavy (non-hydrogen) atoms. The molecule has 0 saturated carbocycles. The van der Waals surface area contributed by atoms with Gasteiger partial charge in [0, 0.05) is 11.8 Å². The van der Waals surface area contributed by atoms with Crippen molar-refractivity contribution in [3.05, 3.63) is 77.9 Å². The molecule has 7 nitrogen and oxygen atoms in total. The van der Waals surface area contributed by atoms with Gasteiger partial charge in [0.25, 0.3) is 0 Å². The Bertz CT molecular complexity index is 1030. The Morgan fingerprint density at radius 1 is 0.828 bits per heavy atom. The summed E-state index contributed by atoms with van der Waals surface area (Å²) in [6.45, 7) is 1.80. The van der Waals surface area contributed by atoms with Gasteiger partial charge < -0.3 is 25.1 Å². The SMILES string of the molecule is CCOC(=O)c1ccc(Oc2cccc(Oc3ccc(N)cc3)c2)cc1C(=O)O. The van der Waals surface area contributed by atoms with Gasteiger partial charge >= 0.3 is 11.9 Å². The van der Waals surface area contributed by atoms with Crippen molar-refractivity contribution in [1.29, 1.82) is 0 Å². The highest BCUT2D eigenvalue weighted by Crippen LogP contribution is 2.30. The third-order valence-electron chi connectivity index (χ3n) is 3.87. The molecule has 3 rings (SSSR count). The maximum atomic E-state index is 11.9. The first-order chi connectivity index (χ1) is 14.0. The zero-order valence-electron chi connectivity index (χ0n) is 15.6. The standard InChI is InChI=1S/C22H19NO6/c1-2-27-22(26)19-11-10-18(13-20(19)21(24)25)29-17-5-3-4-16(12-17)28-15-8-6-14(23)7-9-15/h3-13H,2,23H2,1H3,(H,24,25). The van der Waals surface area contributed by atoms with Crippen LogP contribution in [0.2, 0.25) is 0 Å². The van der Waals surface area contributed by atoms with Gasteiger partial charge in [-0.2, -0.15) is 0 Å². The van der Waals surface area contributed by atoms with Crippen LogP contribution in [-0.2, 0) is 4.74 Å². The number of aromatic carboxylic acids is 1. The molecule has 0 aliphatic heterocycles. The third kappa shape index (κ3) is 5.04. The second-order valence-corrected chi connectivity index (χ2v) is 5.98. The molecule has 0 fully saturated rings. The number of esters is 1. The van der Waals surface area contributed by atoms with E-state index in [9.17, 15) is 14.7 Å². The van der Waals surface area contributed by atoms with E-state index in [0.717, 1.165) is 0 Å². The quantitative estimate of drug-likeness (QED) is 0.441. The predicted molar refractivity (Wildman–Crippen MR) is 107 cm³/mol. The number of carboxylic acids is 1. The van der Waals surface area contributed by atoms with Crippen LogP contribution < -0.4 is 15.2 Å². The van der Waals surface area contributed by atoms with E-state index in [4.69, 9.17) is 19.9 Å². The Morgan fingerprint density at radius 2 is 1.41 bits per heavy atom. The highest BCUT2D eigenvalue weighted by Gasteiger charge is 2.19. The van der Waals surface area contributed by atoms with Gasteiger partial charge in [0.2, 0.25) is 0 Å². The topological polar surface area (TPSA) is 108 Å². The van der Waals surface area contributed by atoms with Gasteiger partial charge in [-0.15, -0.1) is 0 Å². The molecule has 0 radical (unpaired) electrons. The predicted octanol–water partition coefficient (Wildman–Crippen LogP) is 4.73. The average Bonchev–Trinajstić information content (AvgIpc) is 2.70. The van der Waals surface area contributed by atoms with Crippen LogP contribution >= 0.6 is 0 Å². The smallest absolute Gasteiger partial charge is 0.339 e. The van der Waals surface area contributed by atoms with E-state index in [1.807, 2.05) is 0 Å². The van der Waals surface area contributed by atoms with Gasteiger partial charge in [0.05, 0.1) is 17.7 Å². The first kappa shape index (κ1) is 19.8. The molecular weight excluding hydrogens is 374 g/mol. The molecule has 148 valence electrons. The van der Waals surface area contributed by atoms with Gasteiger partial charge in [-0.25, -0.2) is 9.59 Å². The zero-order valence-corrected chi connectivity index (χ0v) is 15.6. The number of nitrogens with two attached hydrogens (primary N) is 1. The van der Waals surface area contributed by atoms with E-state index < -0.39 is 11.9 Å². The number of rotatable bonds is 7. The van der Waals surface area contributed by atoms with Crippen LogP contribution in [0.1, 0.15) is 27.6 Å². The fourth-order valence-electron chi connectivity index (χ4n) is 2.56. The Morgan fingerprint density at radius 3 is 2.03 bits per heavy atom. The van der Waals surface area contributed by atoms with Crippen molar-refractivity contribution in [2.24, 2.45) is 0 Å². The summed E-state index contributed by atoms with van der Waals surface area (Å²) >= 11 is 0. The van der Waals surface area contributed by atoms with Crippen molar-refractivity contribution < 1.29 is 28.9 Å². The Kier molecular flexibility index (Phi) is 5.99. The molecule has 0 saturated heterocycles. The van der Waals surface area contributed by atoms with Crippen molar-refractivity contribution in [3.8, 4) is 23.0 Å². The van der Waals surface area contributed by atoms with E-state index in [1.165, 1.54) is 18.2 Å². The second-order valence-electron chi connectivity index (χ2n) is 5.98. The number of carbonyl (C=O) groups excluding carboxylic acids is 1. The van der Waals surface area contributed by atoms with Crippen LogP contribution in [-0.4, -0.2) is 23.7 Å². The summed E-state index contributed by atoms with van der Waals surface area (Å²) in [6.07, 6.45) is 0. The molecule has 0 atom stereocenters. The molecule has 0 unspecified atom stereocenters. The summed E-state index contributed by atoms with van der Waals surface area (Å²) in [4.78, 5) is 23.5. The number of nitrogen functional groups attached to an aromatic ring is 1. The molecule has 0 aliphatic carbocycles. The second kappa shape index (κ2) is 8.79. The maximum Gasteiger partial charge on any atom is 0.339 e. The highest BCUT2D eigenvalue weighted by molar-refractivity contribution is 6.02. The highest BCUT2D eigenvalue weighted by atomic mass is 16.5. The molecule has 3 aromatic carbocycles. The number of carbonyl (C=O) groups is 2. The van der Waals surface area contributed by atoms with E-state index in [2.05, 4.69) is 0 Å². The lowest BCUT2D eigenvalue weighted by Crippen LogP contribution is -2.11. The molecule has 3 N–H and O–H groups in total. The van der Waals surface area contributed by atoms with Gasteiger partial charge in [-0.1, -0.05) is 6.07 Å². The molecular formula is C22H19NO6. The Hall–Kier alpha value is -4.00. The van der Waals surface area contributed by atoms with Crippen LogP contribution in [0.4, 0.5) is 5.69 Å². The minimum atomic E-state index is -1.25. The van der Waals surface area contributed by atoms with E-state index in [0.29, 0.717) is 22.9 Å². The monoisotopic (exact) mass is 393 g/mol. The molecule has 0 aromatic heterocycles. The number of ether oxygens (including phenoxy) is 3. The van der Waals surface area contributed by atoms with Gasteiger partial charge in [0.15, 0.2) is 0 Å². The lowest BCUT2D eigenvalue weighted by atomic mass is 10.1.